The maximum atomic E-state index is 3.58. The zero-order chi connectivity index (χ0) is 12.0. The van der Waals surface area contributed by atoms with Crippen molar-refractivity contribution in [1.82, 2.24) is 10.2 Å². The number of nitrogens with one attached hydrogen (secondary N) is 1. The fraction of sp³-hybridized carbons (Fsp3) is 1.00. The van der Waals surface area contributed by atoms with Gasteiger partial charge in [-0.1, -0.05) is 27.7 Å². The van der Waals surface area contributed by atoms with E-state index >= 15 is 0 Å². The van der Waals surface area contributed by atoms with Crippen molar-refractivity contribution in [1.29, 1.82) is 0 Å². The molecular formula is C14H28N2. The van der Waals surface area contributed by atoms with Crippen LogP contribution in [-0.4, -0.2) is 37.6 Å². The highest BCUT2D eigenvalue weighted by atomic mass is 15.1. The lowest BCUT2D eigenvalue weighted by molar-refractivity contribution is 0.295. The number of nitrogens with zero attached hydrogens (tertiary/aromatic N) is 1. The van der Waals surface area contributed by atoms with Gasteiger partial charge in [0.2, 0.25) is 0 Å². The summed E-state index contributed by atoms with van der Waals surface area (Å²) in [5.41, 5.74) is 1.07. The molecule has 2 rings (SSSR count). The second-order valence-corrected chi connectivity index (χ2v) is 6.99. The van der Waals surface area contributed by atoms with Gasteiger partial charge in [-0.25, -0.2) is 0 Å². The minimum Gasteiger partial charge on any atom is -0.313 e. The molecule has 0 saturated heterocycles. The van der Waals surface area contributed by atoms with E-state index in [1.54, 1.807) is 0 Å². The number of likely N-dealkylation sites (N-methyl/N-ethyl adjacent to an activating group) is 1. The SMILES string of the molecule is CN(CCNC1CC1)CC1C(C)(C)C1(C)C. The van der Waals surface area contributed by atoms with Crippen LogP contribution in [0.4, 0.5) is 0 Å². The van der Waals surface area contributed by atoms with Gasteiger partial charge in [0.15, 0.2) is 0 Å². The van der Waals surface area contributed by atoms with Gasteiger partial charge in [-0.05, 0) is 36.6 Å². The third-order valence-corrected chi connectivity index (χ3v) is 5.32. The zero-order valence-electron chi connectivity index (χ0n) is 11.6. The normalized spacial score (nSPS) is 27.4. The van der Waals surface area contributed by atoms with Gasteiger partial charge in [-0.2, -0.15) is 0 Å². The maximum Gasteiger partial charge on any atom is 0.0104 e. The van der Waals surface area contributed by atoms with E-state index in [2.05, 4.69) is 45.0 Å². The van der Waals surface area contributed by atoms with Gasteiger partial charge in [0, 0.05) is 25.7 Å². The fourth-order valence-corrected chi connectivity index (χ4v) is 2.94. The summed E-state index contributed by atoms with van der Waals surface area (Å²) in [5, 5.41) is 3.58. The summed E-state index contributed by atoms with van der Waals surface area (Å²) in [5.74, 6) is 0.867. The molecule has 2 aliphatic carbocycles. The fourth-order valence-electron chi connectivity index (χ4n) is 2.94. The highest BCUT2D eigenvalue weighted by Gasteiger charge is 2.64. The first-order chi connectivity index (χ1) is 7.35. The van der Waals surface area contributed by atoms with Crippen LogP contribution in [0.5, 0.6) is 0 Å². The number of hydrogen-bond acceptors (Lipinski definition) is 2. The van der Waals surface area contributed by atoms with E-state index in [1.807, 2.05) is 0 Å². The van der Waals surface area contributed by atoms with Crippen LogP contribution < -0.4 is 5.32 Å². The Morgan fingerprint density at radius 2 is 1.69 bits per heavy atom. The molecule has 0 radical (unpaired) electrons. The smallest absolute Gasteiger partial charge is 0.0104 e. The van der Waals surface area contributed by atoms with E-state index in [-0.39, 0.29) is 0 Å². The van der Waals surface area contributed by atoms with Gasteiger partial charge in [-0.3, -0.25) is 0 Å². The molecule has 0 amide bonds. The van der Waals surface area contributed by atoms with Crippen molar-refractivity contribution >= 4 is 0 Å². The molecule has 1 N–H and O–H groups in total. The first-order valence-corrected chi connectivity index (χ1v) is 6.77. The van der Waals surface area contributed by atoms with Crippen molar-refractivity contribution in [2.24, 2.45) is 16.7 Å². The van der Waals surface area contributed by atoms with E-state index in [0.29, 0.717) is 10.8 Å². The molecule has 2 fully saturated rings. The monoisotopic (exact) mass is 224 g/mol. The van der Waals surface area contributed by atoms with Crippen LogP contribution in [0.15, 0.2) is 0 Å². The van der Waals surface area contributed by atoms with Crippen LogP contribution >= 0.6 is 0 Å². The predicted molar refractivity (Wildman–Crippen MR) is 69.6 cm³/mol. The van der Waals surface area contributed by atoms with Gasteiger partial charge in [-0.15, -0.1) is 0 Å². The molecule has 0 aliphatic heterocycles. The van der Waals surface area contributed by atoms with Crippen LogP contribution in [0, 0.1) is 16.7 Å². The average Bonchev–Trinajstić information content (AvgIpc) is 3.03. The second-order valence-electron chi connectivity index (χ2n) is 6.99. The van der Waals surface area contributed by atoms with E-state index in [9.17, 15) is 0 Å². The summed E-state index contributed by atoms with van der Waals surface area (Å²) in [6.07, 6.45) is 2.79. The summed E-state index contributed by atoms with van der Waals surface area (Å²) in [4.78, 5) is 2.50. The Morgan fingerprint density at radius 1 is 1.12 bits per heavy atom. The van der Waals surface area contributed by atoms with E-state index in [0.717, 1.165) is 18.5 Å². The number of rotatable bonds is 6. The minimum absolute atomic E-state index is 0.533. The molecular weight excluding hydrogens is 196 g/mol. The van der Waals surface area contributed by atoms with Crippen molar-refractivity contribution < 1.29 is 0 Å². The Kier molecular flexibility index (Phi) is 3.09. The lowest BCUT2D eigenvalue weighted by Crippen LogP contribution is -2.32. The van der Waals surface area contributed by atoms with Crippen LogP contribution in [0.3, 0.4) is 0 Å². The van der Waals surface area contributed by atoms with Crippen molar-refractivity contribution in [2.45, 2.75) is 46.6 Å². The number of hydrogen-bond donors (Lipinski definition) is 1. The first-order valence-electron chi connectivity index (χ1n) is 6.77. The quantitative estimate of drug-likeness (QED) is 0.745. The summed E-state index contributed by atoms with van der Waals surface area (Å²) in [7, 11) is 2.26. The molecule has 0 atom stereocenters. The lowest BCUT2D eigenvalue weighted by atomic mass is 10.0. The topological polar surface area (TPSA) is 15.3 Å². The van der Waals surface area contributed by atoms with Crippen molar-refractivity contribution in [2.75, 3.05) is 26.7 Å². The summed E-state index contributed by atoms with van der Waals surface area (Å²) in [6, 6.07) is 0.849. The van der Waals surface area contributed by atoms with Gasteiger partial charge >= 0.3 is 0 Å². The van der Waals surface area contributed by atoms with Gasteiger partial charge in [0.1, 0.15) is 0 Å². The Morgan fingerprint density at radius 3 is 2.12 bits per heavy atom. The molecule has 2 nitrogen and oxygen atoms in total. The molecule has 0 aromatic rings. The average molecular weight is 224 g/mol. The van der Waals surface area contributed by atoms with E-state index in [1.165, 1.54) is 25.9 Å². The third-order valence-electron chi connectivity index (χ3n) is 5.32. The minimum atomic E-state index is 0.533. The van der Waals surface area contributed by atoms with Crippen molar-refractivity contribution in [3.05, 3.63) is 0 Å². The van der Waals surface area contributed by atoms with Gasteiger partial charge in [0.05, 0.1) is 0 Å². The standard InChI is InChI=1S/C14H28N2/c1-13(2)12(14(13,3)4)10-16(5)9-8-15-11-6-7-11/h11-12,15H,6-10H2,1-5H3. The molecule has 0 aromatic carbocycles. The molecule has 0 bridgehead atoms. The lowest BCUT2D eigenvalue weighted by Gasteiger charge is -2.18. The molecule has 2 saturated carbocycles. The van der Waals surface area contributed by atoms with Crippen LogP contribution in [0.25, 0.3) is 0 Å². The molecule has 0 spiro atoms. The molecule has 2 aliphatic rings. The first kappa shape index (κ1) is 12.4. The summed E-state index contributed by atoms with van der Waals surface area (Å²) < 4.78 is 0. The third kappa shape index (κ3) is 2.28. The highest BCUT2D eigenvalue weighted by molar-refractivity contribution is 5.12. The molecule has 2 heteroatoms. The maximum absolute atomic E-state index is 3.58. The molecule has 0 aromatic heterocycles. The van der Waals surface area contributed by atoms with Gasteiger partial charge < -0.3 is 10.2 Å². The van der Waals surface area contributed by atoms with E-state index < -0.39 is 0 Å². The zero-order valence-corrected chi connectivity index (χ0v) is 11.6. The molecule has 94 valence electrons. The summed E-state index contributed by atoms with van der Waals surface area (Å²) in [6.45, 7) is 13.3. The predicted octanol–water partition coefficient (Wildman–Crippen LogP) is 2.35. The highest BCUT2D eigenvalue weighted by Crippen LogP contribution is 2.68. The second kappa shape index (κ2) is 3.99. The Labute approximate surface area is 101 Å². The Balaban J connectivity index is 1.65. The molecule has 16 heavy (non-hydrogen) atoms. The molecule has 0 heterocycles. The Hall–Kier alpha value is -0.0800. The summed E-state index contributed by atoms with van der Waals surface area (Å²) >= 11 is 0. The van der Waals surface area contributed by atoms with Gasteiger partial charge in [0.25, 0.3) is 0 Å². The van der Waals surface area contributed by atoms with Crippen LogP contribution in [0.2, 0.25) is 0 Å². The largest absolute Gasteiger partial charge is 0.313 e. The molecule has 0 unspecified atom stereocenters. The van der Waals surface area contributed by atoms with Crippen LogP contribution in [-0.2, 0) is 0 Å². The van der Waals surface area contributed by atoms with Crippen molar-refractivity contribution in [3.63, 3.8) is 0 Å². The van der Waals surface area contributed by atoms with Crippen molar-refractivity contribution in [3.8, 4) is 0 Å². The van der Waals surface area contributed by atoms with Crippen LogP contribution in [0.1, 0.15) is 40.5 Å². The van der Waals surface area contributed by atoms with E-state index in [4.69, 9.17) is 0 Å². The Bertz CT molecular complexity index is 239.